The fraction of sp³-hybridized carbons (Fsp3) is 0.222. The Morgan fingerprint density at radius 1 is 1.00 bits per heavy atom. The summed E-state index contributed by atoms with van der Waals surface area (Å²) < 4.78 is 21.2. The van der Waals surface area contributed by atoms with E-state index in [2.05, 4.69) is 20.8 Å². The van der Waals surface area contributed by atoms with Gasteiger partial charge in [0, 0.05) is 0 Å². The Labute approximate surface area is 144 Å². The Morgan fingerprint density at radius 3 is 2.26 bits per heavy atom. The van der Waals surface area contributed by atoms with Crippen molar-refractivity contribution >= 4 is 35.4 Å². The van der Waals surface area contributed by atoms with Gasteiger partial charge in [-0.05, 0) is 53.5 Å². The molecule has 0 bridgehead atoms. The van der Waals surface area contributed by atoms with E-state index in [0.29, 0.717) is 15.6 Å². The topological polar surface area (TPSA) is 18.1 Å². The van der Waals surface area contributed by atoms with Crippen LogP contribution < -0.4 is 0 Å². The van der Waals surface area contributed by atoms with Gasteiger partial charge in [0.1, 0.15) is 16.0 Å². The Bertz CT molecular complexity index is 995. The Balaban J connectivity index is 2.24. The number of benzene rings is 2. The van der Waals surface area contributed by atoms with E-state index in [4.69, 9.17) is 28.9 Å². The summed E-state index contributed by atoms with van der Waals surface area (Å²) in [6.45, 7) is 6.46. The predicted molar refractivity (Wildman–Crippen MR) is 95.9 cm³/mol. The lowest BCUT2D eigenvalue weighted by Gasteiger charge is -2.19. The summed E-state index contributed by atoms with van der Waals surface area (Å²) in [7, 11) is 0. The van der Waals surface area contributed by atoms with Gasteiger partial charge >= 0.3 is 0 Å². The molecule has 0 N–H and O–H groups in total. The summed E-state index contributed by atoms with van der Waals surface area (Å²) in [5, 5.41) is 0.536. The molecule has 1 aromatic heterocycles. The van der Waals surface area contributed by atoms with Gasteiger partial charge in [0.2, 0.25) is 0 Å². The lowest BCUT2D eigenvalue weighted by molar-refractivity contribution is 0.535. The highest BCUT2D eigenvalue weighted by molar-refractivity contribution is 7.72. The smallest absolute Gasteiger partial charge is 0.274 e. The highest BCUT2D eigenvalue weighted by atomic mass is 32.1. The van der Waals surface area contributed by atoms with Crippen LogP contribution in [0.2, 0.25) is 0 Å². The van der Waals surface area contributed by atoms with E-state index < -0.39 is 0 Å². The van der Waals surface area contributed by atoms with Gasteiger partial charge in [-0.1, -0.05) is 45.1 Å². The van der Waals surface area contributed by atoms with Gasteiger partial charge in [-0.3, -0.25) is 4.57 Å². The maximum Gasteiger partial charge on any atom is 0.274 e. The number of nitrogens with zero attached hydrogens (tertiary/aromatic N) is 1. The Morgan fingerprint density at radius 2 is 1.65 bits per heavy atom. The van der Waals surface area contributed by atoms with E-state index in [1.165, 1.54) is 17.7 Å². The molecule has 0 atom stereocenters. The predicted octanol–water partition coefficient (Wildman–Crippen LogP) is 6.12. The zero-order chi connectivity index (χ0) is 16.8. The van der Waals surface area contributed by atoms with E-state index >= 15 is 0 Å². The molecule has 0 radical (unpaired) electrons. The van der Waals surface area contributed by atoms with E-state index in [9.17, 15) is 4.39 Å². The minimum absolute atomic E-state index is 0.0632. The number of hydrogen-bond acceptors (Lipinski definition) is 3. The van der Waals surface area contributed by atoms with Crippen molar-refractivity contribution in [2.24, 2.45) is 0 Å². The molecule has 0 unspecified atom stereocenters. The largest absolute Gasteiger partial charge is 0.431 e. The van der Waals surface area contributed by atoms with Crippen LogP contribution in [-0.2, 0) is 5.41 Å². The fourth-order valence-corrected chi connectivity index (χ4v) is 3.13. The first-order valence-electron chi connectivity index (χ1n) is 7.24. The molecule has 23 heavy (non-hydrogen) atoms. The van der Waals surface area contributed by atoms with Crippen LogP contribution in [0, 0.1) is 15.3 Å². The average molecular weight is 345 g/mol. The number of fused-ring (bicyclic) bond motifs is 1. The number of halogens is 1. The van der Waals surface area contributed by atoms with E-state index in [1.54, 1.807) is 10.6 Å². The summed E-state index contributed by atoms with van der Waals surface area (Å²) in [6.07, 6.45) is 0. The molecule has 0 aliphatic heterocycles. The van der Waals surface area contributed by atoms with Crippen molar-refractivity contribution in [3.05, 3.63) is 63.3 Å². The van der Waals surface area contributed by atoms with Gasteiger partial charge in [-0.15, -0.1) is 0 Å². The standard InChI is InChI=1S/C18H16FNOS2/c1-18(2,3)11-4-7-13(8-5-11)20-16(22)14-10-12(19)6-9-15(14)21-17(20)23/h4-10H,1-3H3. The SMILES string of the molecule is CC(C)(C)c1ccc(-n2c(=S)oc3ccc(F)cc3c2=S)cc1. The quantitative estimate of drug-likeness (QED) is 0.495. The third kappa shape index (κ3) is 2.99. The molecule has 1 heterocycles. The number of aromatic nitrogens is 1. The Hall–Kier alpha value is -1.85. The van der Waals surface area contributed by atoms with Crippen LogP contribution in [0.1, 0.15) is 26.3 Å². The molecule has 0 saturated carbocycles. The van der Waals surface area contributed by atoms with Crippen LogP contribution in [0.3, 0.4) is 0 Å². The molecule has 0 aliphatic carbocycles. The Kier molecular flexibility index (Phi) is 3.94. The van der Waals surface area contributed by atoms with Crippen LogP contribution in [0.5, 0.6) is 0 Å². The maximum atomic E-state index is 13.5. The molecule has 0 fully saturated rings. The lowest BCUT2D eigenvalue weighted by Crippen LogP contribution is -2.11. The summed E-state index contributed by atoms with van der Waals surface area (Å²) in [5.74, 6) is -0.356. The molecular weight excluding hydrogens is 329 g/mol. The molecule has 118 valence electrons. The second-order valence-electron chi connectivity index (χ2n) is 6.45. The fourth-order valence-electron chi connectivity index (χ4n) is 2.43. The van der Waals surface area contributed by atoms with Gasteiger partial charge < -0.3 is 4.42 Å². The van der Waals surface area contributed by atoms with Crippen molar-refractivity contribution < 1.29 is 8.81 Å². The first kappa shape index (κ1) is 16.0. The molecule has 3 rings (SSSR count). The van der Waals surface area contributed by atoms with Crippen molar-refractivity contribution in [2.45, 2.75) is 26.2 Å². The van der Waals surface area contributed by atoms with Gasteiger partial charge in [-0.2, -0.15) is 0 Å². The summed E-state index contributed by atoms with van der Waals surface area (Å²) in [4.78, 5) is 0.248. The molecule has 3 aromatic rings. The number of hydrogen-bond donors (Lipinski definition) is 0. The minimum atomic E-state index is -0.356. The van der Waals surface area contributed by atoms with E-state index in [0.717, 1.165) is 5.69 Å². The lowest BCUT2D eigenvalue weighted by atomic mass is 9.87. The third-order valence-electron chi connectivity index (χ3n) is 3.75. The van der Waals surface area contributed by atoms with E-state index in [1.807, 2.05) is 24.3 Å². The summed E-state index contributed by atoms with van der Waals surface area (Å²) >= 11 is 10.8. The van der Waals surface area contributed by atoms with Gasteiger partial charge in [-0.25, -0.2) is 4.39 Å². The van der Waals surface area contributed by atoms with Gasteiger partial charge in [0.25, 0.3) is 4.84 Å². The molecule has 0 aliphatic rings. The number of rotatable bonds is 1. The average Bonchev–Trinajstić information content (AvgIpc) is 2.48. The molecule has 5 heteroatoms. The van der Waals surface area contributed by atoms with Crippen LogP contribution in [0.15, 0.2) is 46.9 Å². The summed E-state index contributed by atoms with van der Waals surface area (Å²) in [5.41, 5.74) is 2.57. The molecular formula is C18H16FNOS2. The third-order valence-corrected chi connectivity index (χ3v) is 4.41. The molecule has 0 amide bonds. The summed E-state index contributed by atoms with van der Waals surface area (Å²) in [6, 6.07) is 12.2. The minimum Gasteiger partial charge on any atom is -0.431 e. The van der Waals surface area contributed by atoms with E-state index in [-0.39, 0.29) is 16.1 Å². The van der Waals surface area contributed by atoms with Crippen LogP contribution in [0.25, 0.3) is 16.7 Å². The zero-order valence-corrected chi connectivity index (χ0v) is 14.7. The van der Waals surface area contributed by atoms with Gasteiger partial charge in [0.05, 0.1) is 11.1 Å². The van der Waals surface area contributed by atoms with Crippen molar-refractivity contribution in [1.82, 2.24) is 4.57 Å². The monoisotopic (exact) mass is 345 g/mol. The zero-order valence-electron chi connectivity index (χ0n) is 13.1. The van der Waals surface area contributed by atoms with Gasteiger partial charge in [0.15, 0.2) is 0 Å². The molecule has 2 aromatic carbocycles. The van der Waals surface area contributed by atoms with Crippen molar-refractivity contribution in [3.63, 3.8) is 0 Å². The highest BCUT2D eigenvalue weighted by Gasteiger charge is 2.14. The van der Waals surface area contributed by atoms with Crippen LogP contribution >= 0.6 is 24.4 Å². The van der Waals surface area contributed by atoms with Crippen molar-refractivity contribution in [2.75, 3.05) is 0 Å². The maximum absolute atomic E-state index is 13.5. The second kappa shape index (κ2) is 5.65. The highest BCUT2D eigenvalue weighted by Crippen LogP contribution is 2.25. The van der Waals surface area contributed by atoms with Crippen LogP contribution in [0.4, 0.5) is 4.39 Å². The molecule has 0 saturated heterocycles. The molecule has 2 nitrogen and oxygen atoms in total. The normalized spacial score (nSPS) is 11.8. The first-order chi connectivity index (χ1) is 10.8. The molecule has 0 spiro atoms. The second-order valence-corrected chi connectivity index (χ2v) is 7.18. The van der Waals surface area contributed by atoms with Crippen molar-refractivity contribution in [3.8, 4) is 5.69 Å². The first-order valence-corrected chi connectivity index (χ1v) is 8.05. The van der Waals surface area contributed by atoms with Crippen molar-refractivity contribution in [1.29, 1.82) is 0 Å². The van der Waals surface area contributed by atoms with Crippen LogP contribution in [-0.4, -0.2) is 4.57 Å².